The van der Waals surface area contributed by atoms with Gasteiger partial charge in [-0.25, -0.2) is 4.79 Å². The van der Waals surface area contributed by atoms with E-state index in [1.54, 1.807) is 0 Å². The molecule has 0 aromatic carbocycles. The van der Waals surface area contributed by atoms with Gasteiger partial charge in [-0.15, -0.1) is 0 Å². The molecular weight excluding hydrogens is 330 g/mol. The SMILES string of the molecule is Cc1noc(C)c1CN1CCC[C@H](CN(C(=O)OC(C)(C)C)C(C)C)C1. The zero-order valence-corrected chi connectivity index (χ0v) is 17.5. The van der Waals surface area contributed by atoms with Gasteiger partial charge in [-0.05, 0) is 73.8 Å². The smallest absolute Gasteiger partial charge is 0.410 e. The molecule has 1 saturated heterocycles. The maximum atomic E-state index is 12.6. The average Bonchev–Trinajstić information content (AvgIpc) is 2.83. The number of hydrogen-bond donors (Lipinski definition) is 0. The summed E-state index contributed by atoms with van der Waals surface area (Å²) in [6.07, 6.45) is 2.08. The van der Waals surface area contributed by atoms with E-state index in [1.807, 2.05) is 53.4 Å². The minimum absolute atomic E-state index is 0.128. The van der Waals surface area contributed by atoms with Crippen LogP contribution < -0.4 is 0 Å². The number of hydrogen-bond acceptors (Lipinski definition) is 5. The molecule has 0 bridgehead atoms. The van der Waals surface area contributed by atoms with Crippen LogP contribution in [0.2, 0.25) is 0 Å². The Morgan fingerprint density at radius 3 is 2.62 bits per heavy atom. The molecule has 0 saturated carbocycles. The molecule has 6 nitrogen and oxygen atoms in total. The fourth-order valence-electron chi connectivity index (χ4n) is 3.49. The summed E-state index contributed by atoms with van der Waals surface area (Å²) >= 11 is 0. The number of rotatable bonds is 5. The molecule has 1 aromatic rings. The molecule has 0 spiro atoms. The van der Waals surface area contributed by atoms with Gasteiger partial charge in [-0.1, -0.05) is 5.16 Å². The molecule has 0 aliphatic carbocycles. The summed E-state index contributed by atoms with van der Waals surface area (Å²) in [5.74, 6) is 1.36. The Hall–Kier alpha value is -1.56. The number of amides is 1. The van der Waals surface area contributed by atoms with Gasteiger partial charge in [0.25, 0.3) is 0 Å². The first-order valence-corrected chi connectivity index (χ1v) is 9.70. The quantitative estimate of drug-likeness (QED) is 0.784. The van der Waals surface area contributed by atoms with E-state index in [2.05, 4.69) is 10.1 Å². The molecule has 0 N–H and O–H groups in total. The molecule has 0 radical (unpaired) electrons. The van der Waals surface area contributed by atoms with E-state index in [9.17, 15) is 4.79 Å². The fraction of sp³-hybridized carbons (Fsp3) is 0.800. The molecule has 1 atom stereocenters. The predicted octanol–water partition coefficient (Wildman–Crippen LogP) is 4.15. The first-order valence-electron chi connectivity index (χ1n) is 9.70. The summed E-state index contributed by atoms with van der Waals surface area (Å²) in [5.41, 5.74) is 1.70. The minimum atomic E-state index is -0.466. The van der Waals surface area contributed by atoms with Crippen LogP contribution >= 0.6 is 0 Å². The van der Waals surface area contributed by atoms with Crippen molar-refractivity contribution in [1.82, 2.24) is 15.0 Å². The molecule has 2 rings (SSSR count). The van der Waals surface area contributed by atoms with Crippen molar-refractivity contribution in [2.45, 2.75) is 79.5 Å². The highest BCUT2D eigenvalue weighted by atomic mass is 16.6. The molecule has 148 valence electrons. The summed E-state index contributed by atoms with van der Waals surface area (Å²) < 4.78 is 10.9. The second-order valence-corrected chi connectivity index (χ2v) is 8.77. The van der Waals surface area contributed by atoms with E-state index < -0.39 is 5.60 Å². The van der Waals surface area contributed by atoms with Gasteiger partial charge < -0.3 is 14.2 Å². The van der Waals surface area contributed by atoms with Crippen molar-refractivity contribution in [1.29, 1.82) is 0 Å². The van der Waals surface area contributed by atoms with Gasteiger partial charge in [0.1, 0.15) is 11.4 Å². The Morgan fingerprint density at radius 2 is 2.08 bits per heavy atom. The monoisotopic (exact) mass is 365 g/mol. The van der Waals surface area contributed by atoms with E-state index >= 15 is 0 Å². The molecule has 6 heteroatoms. The molecule has 1 aliphatic heterocycles. The van der Waals surface area contributed by atoms with E-state index in [1.165, 1.54) is 5.56 Å². The van der Waals surface area contributed by atoms with Gasteiger partial charge in [0.2, 0.25) is 0 Å². The number of ether oxygens (including phenoxy) is 1. The predicted molar refractivity (Wildman–Crippen MR) is 102 cm³/mol. The number of aromatic nitrogens is 1. The van der Waals surface area contributed by atoms with Gasteiger partial charge in [0, 0.05) is 31.2 Å². The Morgan fingerprint density at radius 1 is 1.38 bits per heavy atom. The molecule has 1 amide bonds. The lowest BCUT2D eigenvalue weighted by atomic mass is 9.96. The van der Waals surface area contributed by atoms with Crippen LogP contribution in [0.15, 0.2) is 4.52 Å². The standard InChI is InChI=1S/C20H35N3O3/c1-14(2)23(19(24)25-20(5,6)7)12-17-9-8-10-22(11-17)13-18-15(3)21-26-16(18)4/h14,17H,8-13H2,1-7H3/t17-/m0/s1. The van der Waals surface area contributed by atoms with Gasteiger partial charge in [0.05, 0.1) is 5.69 Å². The Balaban J connectivity index is 1.98. The highest BCUT2D eigenvalue weighted by molar-refractivity contribution is 5.68. The van der Waals surface area contributed by atoms with Crippen molar-refractivity contribution in [3.05, 3.63) is 17.0 Å². The third kappa shape index (κ3) is 5.73. The molecule has 2 heterocycles. The normalized spacial score (nSPS) is 19.0. The number of piperidine rings is 1. The second-order valence-electron chi connectivity index (χ2n) is 8.77. The van der Waals surface area contributed by atoms with Crippen LogP contribution in [0.5, 0.6) is 0 Å². The summed E-state index contributed by atoms with van der Waals surface area (Å²) in [7, 11) is 0. The Bertz CT molecular complexity index is 584. The maximum Gasteiger partial charge on any atom is 0.410 e. The van der Waals surface area contributed by atoms with Crippen molar-refractivity contribution in [3.63, 3.8) is 0 Å². The zero-order chi connectivity index (χ0) is 19.5. The zero-order valence-electron chi connectivity index (χ0n) is 17.5. The number of likely N-dealkylation sites (tertiary alicyclic amines) is 1. The lowest BCUT2D eigenvalue weighted by Crippen LogP contribution is -2.47. The molecule has 1 aliphatic rings. The number of nitrogens with zero attached hydrogens (tertiary/aromatic N) is 3. The Labute approximate surface area is 157 Å². The Kier molecular flexibility index (Phi) is 6.72. The van der Waals surface area contributed by atoms with Crippen molar-refractivity contribution in [3.8, 4) is 0 Å². The second kappa shape index (κ2) is 8.42. The van der Waals surface area contributed by atoms with Crippen molar-refractivity contribution in [2.75, 3.05) is 19.6 Å². The summed E-state index contributed by atoms with van der Waals surface area (Å²) in [6.45, 7) is 17.5. The van der Waals surface area contributed by atoms with E-state index in [0.29, 0.717) is 5.92 Å². The minimum Gasteiger partial charge on any atom is -0.444 e. The van der Waals surface area contributed by atoms with Crippen LogP contribution in [0.25, 0.3) is 0 Å². The van der Waals surface area contributed by atoms with Gasteiger partial charge >= 0.3 is 6.09 Å². The van der Waals surface area contributed by atoms with E-state index in [0.717, 1.165) is 50.5 Å². The van der Waals surface area contributed by atoms with Crippen LogP contribution in [0.3, 0.4) is 0 Å². The van der Waals surface area contributed by atoms with E-state index in [-0.39, 0.29) is 12.1 Å². The van der Waals surface area contributed by atoms with Crippen molar-refractivity contribution < 1.29 is 14.1 Å². The van der Waals surface area contributed by atoms with Crippen LogP contribution in [-0.4, -0.2) is 52.3 Å². The molecular formula is C20H35N3O3. The van der Waals surface area contributed by atoms with Crippen molar-refractivity contribution >= 4 is 6.09 Å². The van der Waals surface area contributed by atoms with E-state index in [4.69, 9.17) is 9.26 Å². The third-order valence-electron chi connectivity index (χ3n) is 4.87. The largest absolute Gasteiger partial charge is 0.444 e. The topological polar surface area (TPSA) is 58.8 Å². The molecule has 0 unspecified atom stereocenters. The highest BCUT2D eigenvalue weighted by Gasteiger charge is 2.29. The molecule has 26 heavy (non-hydrogen) atoms. The van der Waals surface area contributed by atoms with Gasteiger partial charge in [0.15, 0.2) is 0 Å². The first-order chi connectivity index (χ1) is 12.1. The van der Waals surface area contributed by atoms with Gasteiger partial charge in [-0.3, -0.25) is 4.90 Å². The molecule has 1 aromatic heterocycles. The summed E-state index contributed by atoms with van der Waals surface area (Å²) in [4.78, 5) is 16.9. The fourth-order valence-corrected chi connectivity index (χ4v) is 3.49. The van der Waals surface area contributed by atoms with Crippen LogP contribution in [0.1, 0.15) is 64.5 Å². The van der Waals surface area contributed by atoms with Crippen LogP contribution in [0.4, 0.5) is 4.79 Å². The van der Waals surface area contributed by atoms with Crippen LogP contribution in [0, 0.1) is 19.8 Å². The lowest BCUT2D eigenvalue weighted by Gasteiger charge is -2.37. The lowest BCUT2D eigenvalue weighted by molar-refractivity contribution is 0.0118. The van der Waals surface area contributed by atoms with Crippen molar-refractivity contribution in [2.24, 2.45) is 5.92 Å². The van der Waals surface area contributed by atoms with Crippen LogP contribution in [-0.2, 0) is 11.3 Å². The summed E-state index contributed by atoms with van der Waals surface area (Å²) in [6, 6.07) is 0.128. The highest BCUT2D eigenvalue weighted by Crippen LogP contribution is 2.23. The first kappa shape index (κ1) is 20.7. The third-order valence-corrected chi connectivity index (χ3v) is 4.87. The number of carbonyl (C=O) groups is 1. The maximum absolute atomic E-state index is 12.6. The number of carbonyl (C=O) groups excluding carboxylic acids is 1. The molecule has 1 fully saturated rings. The van der Waals surface area contributed by atoms with Gasteiger partial charge in [-0.2, -0.15) is 0 Å². The summed E-state index contributed by atoms with van der Waals surface area (Å²) in [5, 5.41) is 4.06. The number of aryl methyl sites for hydroxylation is 2. The average molecular weight is 366 g/mol.